The van der Waals surface area contributed by atoms with Crippen molar-refractivity contribution in [3.8, 4) is 34.5 Å². The third kappa shape index (κ3) is 12.0. The first-order chi connectivity index (χ1) is 29.3. The molecular weight excluding hydrogens is 849 g/mol. The van der Waals surface area contributed by atoms with Crippen LogP contribution in [0.4, 0.5) is 0 Å². The summed E-state index contributed by atoms with van der Waals surface area (Å²) in [6.07, 6.45) is 0. The van der Waals surface area contributed by atoms with Crippen LogP contribution in [0.3, 0.4) is 0 Å². The summed E-state index contributed by atoms with van der Waals surface area (Å²) in [6.45, 7) is 1.87. The molecule has 0 spiro atoms. The number of rotatable bonds is 22. The van der Waals surface area contributed by atoms with Crippen molar-refractivity contribution in [2.24, 2.45) is 0 Å². The lowest BCUT2D eigenvalue weighted by molar-refractivity contribution is 0.0764. The molecule has 0 radical (unpaired) electrons. The molecule has 0 bridgehead atoms. The Bertz CT molecular complexity index is 2470. The molecule has 0 saturated heterocycles. The van der Waals surface area contributed by atoms with Crippen molar-refractivity contribution in [1.29, 1.82) is 0 Å². The second-order valence-corrected chi connectivity index (χ2v) is 18.9. The third-order valence-corrected chi connectivity index (χ3v) is 14.2. The van der Waals surface area contributed by atoms with Gasteiger partial charge in [0, 0.05) is 0 Å². The third-order valence-electron chi connectivity index (χ3n) is 8.82. The first kappa shape index (κ1) is 44.4. The quantitative estimate of drug-likeness (QED) is 0.0696. The zero-order chi connectivity index (χ0) is 43.3. The van der Waals surface area contributed by atoms with E-state index in [-0.39, 0.29) is 93.7 Å². The van der Waals surface area contributed by atoms with Gasteiger partial charge >= 0.3 is 0 Å². The second-order valence-electron chi connectivity index (χ2n) is 13.0. The molecule has 17 heteroatoms. The van der Waals surface area contributed by atoms with Gasteiger partial charge in [-0.05, 0) is 146 Å². The molecule has 0 saturated carbocycles. The van der Waals surface area contributed by atoms with Crippen molar-refractivity contribution in [3.63, 3.8) is 0 Å². The van der Waals surface area contributed by atoms with Crippen molar-refractivity contribution >= 4 is 29.5 Å². The van der Waals surface area contributed by atoms with Crippen LogP contribution in [-0.2, 0) is 39.0 Å². The molecule has 0 heterocycles. The van der Waals surface area contributed by atoms with E-state index >= 15 is 0 Å². The zero-order valence-electron chi connectivity index (χ0n) is 32.5. The summed E-state index contributed by atoms with van der Waals surface area (Å²) in [4.78, 5) is 0.528. The normalized spacial score (nSPS) is 11.8. The zero-order valence-corrected chi connectivity index (χ0v) is 35.0. The molecule has 0 aliphatic rings. The van der Waals surface area contributed by atoms with Gasteiger partial charge in [0.1, 0.15) is 60.9 Å². The number of sulfone groups is 3. The number of hydrogen-bond acceptors (Lipinski definition) is 14. The minimum atomic E-state index is -3.80. The molecule has 0 unspecified atom stereocenters. The van der Waals surface area contributed by atoms with E-state index in [0.29, 0.717) is 23.0 Å². The Hall–Kier alpha value is -6.11. The smallest absolute Gasteiger partial charge is 0.206 e. The van der Waals surface area contributed by atoms with Gasteiger partial charge in [0.05, 0.1) is 55.8 Å². The summed E-state index contributed by atoms with van der Waals surface area (Å²) in [6, 6.07) is 34.7. The molecule has 320 valence electrons. The highest BCUT2D eigenvalue weighted by atomic mass is 32.2. The van der Waals surface area contributed by atoms with Gasteiger partial charge in [-0.1, -0.05) is 0 Å². The van der Waals surface area contributed by atoms with E-state index in [4.69, 9.17) is 28.4 Å². The average Bonchev–Trinajstić information content (AvgIpc) is 3.26. The molecule has 6 aromatic carbocycles. The van der Waals surface area contributed by atoms with Gasteiger partial charge in [0.25, 0.3) is 0 Å². The standard InChI is InChI=1S/C44H42O14S3/c45-33-1-13-39(14-2-33)59(47,48)41-17-5-35(6-18-41)55-29-25-53-27-31-57-37-9-21-43(22-10-37)61(51,52)44-23-11-38(12-24-44)58-32-28-54-26-30-56-36-7-19-42(20-8-36)60(49,50)40-15-3-34(46)4-16-40/h1-24,45-46H,25-32H2. The minimum Gasteiger partial charge on any atom is -0.508 e. The average molecular weight is 891 g/mol. The van der Waals surface area contributed by atoms with Gasteiger partial charge in [0.15, 0.2) is 0 Å². The minimum absolute atomic E-state index is 0.0238. The first-order valence-electron chi connectivity index (χ1n) is 18.7. The van der Waals surface area contributed by atoms with Crippen LogP contribution >= 0.6 is 0 Å². The molecular formula is C44H42O14S3. The Morgan fingerprint density at radius 1 is 0.279 bits per heavy atom. The summed E-state index contributed by atoms with van der Waals surface area (Å²) in [5, 5.41) is 18.8. The van der Waals surface area contributed by atoms with Crippen molar-refractivity contribution in [2.75, 3.05) is 52.9 Å². The second kappa shape index (κ2) is 20.4. The number of ether oxygens (including phenoxy) is 6. The largest absolute Gasteiger partial charge is 0.508 e. The summed E-state index contributed by atoms with van der Waals surface area (Å²) >= 11 is 0. The molecule has 14 nitrogen and oxygen atoms in total. The summed E-state index contributed by atoms with van der Waals surface area (Å²) in [5.41, 5.74) is 0. The molecule has 0 atom stereocenters. The van der Waals surface area contributed by atoms with E-state index in [1.807, 2.05) is 0 Å². The Balaban J connectivity index is 0.834. The highest BCUT2D eigenvalue weighted by molar-refractivity contribution is 7.92. The molecule has 0 aliphatic carbocycles. The maximum Gasteiger partial charge on any atom is 0.206 e. The SMILES string of the molecule is O=S(=O)(c1ccc(O)cc1)c1ccc(OCCOCCOc2ccc(S(=O)(=O)c3ccc(OCCOCCOc4ccc(S(=O)(=O)c5ccc(O)cc5)cc4)cc3)cc2)cc1. The fourth-order valence-corrected chi connectivity index (χ4v) is 9.38. The van der Waals surface area contributed by atoms with Crippen molar-refractivity contribution < 1.29 is 63.9 Å². The maximum atomic E-state index is 13.2. The highest BCUT2D eigenvalue weighted by Gasteiger charge is 2.20. The van der Waals surface area contributed by atoms with Gasteiger partial charge in [-0.2, -0.15) is 0 Å². The number of phenols is 2. The lowest BCUT2D eigenvalue weighted by Gasteiger charge is -2.11. The van der Waals surface area contributed by atoms with Gasteiger partial charge < -0.3 is 38.6 Å². The van der Waals surface area contributed by atoms with Gasteiger partial charge in [-0.15, -0.1) is 0 Å². The molecule has 0 aliphatic heterocycles. The molecule has 2 N–H and O–H groups in total. The van der Waals surface area contributed by atoms with Crippen LogP contribution in [0.25, 0.3) is 0 Å². The molecule has 0 amide bonds. The Morgan fingerprint density at radius 2 is 0.459 bits per heavy atom. The monoisotopic (exact) mass is 890 g/mol. The number of hydrogen-bond donors (Lipinski definition) is 2. The summed E-state index contributed by atoms with van der Waals surface area (Å²) < 4.78 is 111. The highest BCUT2D eigenvalue weighted by Crippen LogP contribution is 2.27. The predicted molar refractivity (Wildman–Crippen MR) is 222 cm³/mol. The molecule has 61 heavy (non-hydrogen) atoms. The van der Waals surface area contributed by atoms with Crippen molar-refractivity contribution in [2.45, 2.75) is 29.4 Å². The Kier molecular flexibility index (Phi) is 14.9. The fourth-order valence-electron chi connectivity index (χ4n) is 5.60. The van der Waals surface area contributed by atoms with Crippen molar-refractivity contribution in [3.05, 3.63) is 146 Å². The van der Waals surface area contributed by atoms with E-state index in [2.05, 4.69) is 0 Å². The van der Waals surface area contributed by atoms with E-state index in [1.54, 1.807) is 48.5 Å². The van der Waals surface area contributed by atoms with Crippen LogP contribution in [0.2, 0.25) is 0 Å². The summed E-state index contributed by atoms with van der Waals surface area (Å²) in [5.74, 6) is 1.83. The number of aromatic hydroxyl groups is 2. The molecule has 0 aromatic heterocycles. The van der Waals surface area contributed by atoms with Gasteiger partial charge in [0.2, 0.25) is 29.5 Å². The maximum absolute atomic E-state index is 13.2. The van der Waals surface area contributed by atoms with Crippen LogP contribution in [0, 0.1) is 0 Å². The predicted octanol–water partition coefficient (Wildman–Crippen LogP) is 6.55. The van der Waals surface area contributed by atoms with Crippen LogP contribution in [0.5, 0.6) is 34.5 Å². The number of phenolic OH excluding ortho intramolecular Hbond substituents is 2. The molecule has 6 aromatic rings. The fraction of sp³-hybridized carbons (Fsp3) is 0.182. The molecule has 0 fully saturated rings. The van der Waals surface area contributed by atoms with Crippen molar-refractivity contribution in [1.82, 2.24) is 0 Å². The van der Waals surface area contributed by atoms with E-state index in [9.17, 15) is 35.5 Å². The van der Waals surface area contributed by atoms with E-state index < -0.39 is 29.5 Å². The lowest BCUT2D eigenvalue weighted by Crippen LogP contribution is -2.12. The first-order valence-corrected chi connectivity index (χ1v) is 23.2. The number of benzene rings is 6. The van der Waals surface area contributed by atoms with Crippen LogP contribution in [-0.4, -0.2) is 88.3 Å². The summed E-state index contributed by atoms with van der Waals surface area (Å²) in [7, 11) is -11.3. The molecule has 6 rings (SSSR count). The Labute approximate surface area is 354 Å². The lowest BCUT2D eigenvalue weighted by atomic mass is 10.3. The van der Waals surface area contributed by atoms with E-state index in [1.165, 1.54) is 97.1 Å². The van der Waals surface area contributed by atoms with Crippen LogP contribution < -0.4 is 18.9 Å². The topological polar surface area (TPSA) is 198 Å². The van der Waals surface area contributed by atoms with Crippen LogP contribution in [0.1, 0.15) is 0 Å². The van der Waals surface area contributed by atoms with Gasteiger partial charge in [-0.3, -0.25) is 0 Å². The Morgan fingerprint density at radius 3 is 0.656 bits per heavy atom. The van der Waals surface area contributed by atoms with Gasteiger partial charge in [-0.25, -0.2) is 25.3 Å². The van der Waals surface area contributed by atoms with E-state index in [0.717, 1.165) is 0 Å². The van der Waals surface area contributed by atoms with Crippen LogP contribution in [0.15, 0.2) is 175 Å².